The van der Waals surface area contributed by atoms with Gasteiger partial charge < -0.3 is 9.64 Å². The molecule has 1 heterocycles. The molecule has 2 amide bonds. The van der Waals surface area contributed by atoms with Crippen molar-refractivity contribution in [1.29, 1.82) is 0 Å². The summed E-state index contributed by atoms with van der Waals surface area (Å²) in [5.41, 5.74) is 3.06. The van der Waals surface area contributed by atoms with E-state index >= 15 is 0 Å². The first-order valence-corrected chi connectivity index (χ1v) is 10.3. The molecule has 0 saturated carbocycles. The van der Waals surface area contributed by atoms with Crippen molar-refractivity contribution in [2.45, 2.75) is 13.5 Å². The lowest BCUT2D eigenvalue weighted by Gasteiger charge is -2.25. The van der Waals surface area contributed by atoms with Gasteiger partial charge in [0.2, 0.25) is 0 Å². The summed E-state index contributed by atoms with van der Waals surface area (Å²) in [7, 11) is 1.53. The molecule has 0 radical (unpaired) electrons. The van der Waals surface area contributed by atoms with Crippen LogP contribution in [0.15, 0.2) is 90.6 Å². The quantitative estimate of drug-likeness (QED) is 0.536. The Balaban J connectivity index is 1.84. The Bertz CT molecular complexity index is 1120. The second-order valence-electron chi connectivity index (χ2n) is 7.21. The summed E-state index contributed by atoms with van der Waals surface area (Å²) in [6, 6.07) is 26.4. The van der Waals surface area contributed by atoms with Crippen molar-refractivity contribution in [2.75, 3.05) is 18.6 Å². The van der Waals surface area contributed by atoms with Gasteiger partial charge in [0.1, 0.15) is 11.4 Å². The smallest absolute Gasteiger partial charge is 0.282 e. The van der Waals surface area contributed by atoms with Gasteiger partial charge in [0.15, 0.2) is 0 Å². The second-order valence-corrected chi connectivity index (χ2v) is 7.21. The fraction of sp³-hybridized carbons (Fsp3) is 0.154. The zero-order valence-corrected chi connectivity index (χ0v) is 17.6. The number of benzene rings is 3. The highest BCUT2D eigenvalue weighted by molar-refractivity contribution is 6.45. The van der Waals surface area contributed by atoms with Gasteiger partial charge in [-0.3, -0.25) is 9.59 Å². The van der Waals surface area contributed by atoms with Crippen molar-refractivity contribution in [2.24, 2.45) is 0 Å². The number of ether oxygens (including phenoxy) is 1. The molecule has 0 unspecified atom stereocenters. The number of carbonyl (C=O) groups excluding carboxylic acids is 2. The molecule has 5 heteroatoms. The lowest BCUT2D eigenvalue weighted by Crippen LogP contribution is -2.35. The van der Waals surface area contributed by atoms with Crippen molar-refractivity contribution < 1.29 is 14.3 Å². The van der Waals surface area contributed by atoms with E-state index in [1.807, 2.05) is 78.6 Å². The van der Waals surface area contributed by atoms with Crippen LogP contribution in [0.25, 0.3) is 5.57 Å². The zero-order chi connectivity index (χ0) is 21.8. The molecular weight excluding hydrogens is 388 g/mol. The minimum Gasteiger partial charge on any atom is -0.495 e. The summed E-state index contributed by atoms with van der Waals surface area (Å²) >= 11 is 0. The van der Waals surface area contributed by atoms with Gasteiger partial charge in [-0.15, -0.1) is 0 Å². The maximum atomic E-state index is 13.7. The third-order valence-electron chi connectivity index (χ3n) is 5.36. The fourth-order valence-corrected chi connectivity index (χ4v) is 3.86. The van der Waals surface area contributed by atoms with E-state index in [1.54, 1.807) is 18.2 Å². The molecule has 0 fully saturated rings. The van der Waals surface area contributed by atoms with E-state index in [2.05, 4.69) is 0 Å². The van der Waals surface area contributed by atoms with Crippen LogP contribution in [0.2, 0.25) is 0 Å². The van der Waals surface area contributed by atoms with Crippen LogP contribution in [0.4, 0.5) is 5.69 Å². The van der Waals surface area contributed by atoms with E-state index in [1.165, 1.54) is 12.0 Å². The molecule has 0 spiro atoms. The van der Waals surface area contributed by atoms with Gasteiger partial charge in [-0.05, 0) is 30.2 Å². The van der Waals surface area contributed by atoms with Crippen molar-refractivity contribution in [3.63, 3.8) is 0 Å². The SMILES string of the molecule is CCN(Cc1ccccc1)C1=C(c2ccccc2)C(=O)N(c2ccccc2OC)C1=O. The Labute approximate surface area is 182 Å². The summed E-state index contributed by atoms with van der Waals surface area (Å²) in [5, 5.41) is 0. The minimum absolute atomic E-state index is 0.342. The highest BCUT2D eigenvalue weighted by atomic mass is 16.5. The molecule has 0 saturated heterocycles. The van der Waals surface area contributed by atoms with Crippen LogP contribution in [0.5, 0.6) is 5.75 Å². The predicted molar refractivity (Wildman–Crippen MR) is 121 cm³/mol. The van der Waals surface area contributed by atoms with Gasteiger partial charge in [0, 0.05) is 13.1 Å². The monoisotopic (exact) mass is 412 g/mol. The van der Waals surface area contributed by atoms with Crippen molar-refractivity contribution in [1.82, 2.24) is 4.90 Å². The molecule has 1 aliphatic rings. The summed E-state index contributed by atoms with van der Waals surface area (Å²) < 4.78 is 5.43. The third kappa shape index (κ3) is 3.82. The zero-order valence-electron chi connectivity index (χ0n) is 17.6. The van der Waals surface area contributed by atoms with Crippen molar-refractivity contribution in [3.05, 3.63) is 102 Å². The Morgan fingerprint density at radius 1 is 0.806 bits per heavy atom. The number of hydrogen-bond acceptors (Lipinski definition) is 4. The number of anilines is 1. The van der Waals surface area contributed by atoms with Crippen LogP contribution in [0.1, 0.15) is 18.1 Å². The maximum absolute atomic E-state index is 13.7. The normalized spacial score (nSPS) is 13.7. The number of amides is 2. The number of hydrogen-bond donors (Lipinski definition) is 0. The van der Waals surface area contributed by atoms with Gasteiger partial charge in [-0.25, -0.2) is 4.90 Å². The Hall–Kier alpha value is -3.86. The molecule has 0 aliphatic carbocycles. The lowest BCUT2D eigenvalue weighted by molar-refractivity contribution is -0.120. The van der Waals surface area contributed by atoms with E-state index in [9.17, 15) is 9.59 Å². The number of imide groups is 1. The Morgan fingerprint density at radius 3 is 2.06 bits per heavy atom. The van der Waals surface area contributed by atoms with Crippen molar-refractivity contribution >= 4 is 23.1 Å². The first kappa shape index (κ1) is 20.4. The predicted octanol–water partition coefficient (Wildman–Crippen LogP) is 4.50. The molecule has 4 rings (SSSR count). The molecule has 0 N–H and O–H groups in total. The third-order valence-corrected chi connectivity index (χ3v) is 5.36. The number of nitrogens with zero attached hydrogens (tertiary/aromatic N) is 2. The Kier molecular flexibility index (Phi) is 5.85. The number of methoxy groups -OCH3 is 1. The van der Waals surface area contributed by atoms with Crippen LogP contribution < -0.4 is 9.64 Å². The highest BCUT2D eigenvalue weighted by Crippen LogP contribution is 2.38. The first-order chi connectivity index (χ1) is 15.2. The lowest BCUT2D eigenvalue weighted by atomic mass is 10.0. The number of carbonyl (C=O) groups is 2. The number of para-hydroxylation sites is 2. The number of likely N-dealkylation sites (N-methyl/N-ethyl adjacent to an activating group) is 1. The van der Waals surface area contributed by atoms with Crippen LogP contribution in [-0.4, -0.2) is 30.4 Å². The summed E-state index contributed by atoms with van der Waals surface area (Å²) in [6.45, 7) is 3.10. The molecule has 3 aromatic rings. The summed E-state index contributed by atoms with van der Waals surface area (Å²) in [5.74, 6) is -0.211. The van der Waals surface area contributed by atoms with Crippen LogP contribution in [-0.2, 0) is 16.1 Å². The van der Waals surface area contributed by atoms with Gasteiger partial charge in [0.25, 0.3) is 11.8 Å². The average Bonchev–Trinajstić information content (AvgIpc) is 3.08. The summed E-state index contributed by atoms with van der Waals surface area (Å²) in [6.07, 6.45) is 0. The van der Waals surface area contributed by atoms with Crippen LogP contribution in [0.3, 0.4) is 0 Å². The molecule has 1 aliphatic heterocycles. The minimum atomic E-state index is -0.345. The second kappa shape index (κ2) is 8.88. The fourth-order valence-electron chi connectivity index (χ4n) is 3.86. The van der Waals surface area contributed by atoms with Crippen LogP contribution >= 0.6 is 0 Å². The van der Waals surface area contributed by atoms with Gasteiger partial charge in [-0.2, -0.15) is 0 Å². The maximum Gasteiger partial charge on any atom is 0.282 e. The Morgan fingerprint density at radius 2 is 1.42 bits per heavy atom. The molecule has 0 atom stereocenters. The average molecular weight is 412 g/mol. The molecule has 0 aromatic heterocycles. The molecular formula is C26H24N2O3. The van der Waals surface area contributed by atoms with E-state index in [0.29, 0.717) is 35.8 Å². The van der Waals surface area contributed by atoms with E-state index in [-0.39, 0.29) is 11.8 Å². The van der Waals surface area contributed by atoms with Gasteiger partial charge >= 0.3 is 0 Å². The van der Waals surface area contributed by atoms with E-state index in [0.717, 1.165) is 11.1 Å². The first-order valence-electron chi connectivity index (χ1n) is 10.3. The molecule has 5 nitrogen and oxygen atoms in total. The van der Waals surface area contributed by atoms with Crippen molar-refractivity contribution in [3.8, 4) is 5.75 Å². The topological polar surface area (TPSA) is 49.9 Å². The van der Waals surface area contributed by atoms with Gasteiger partial charge in [0.05, 0.1) is 18.4 Å². The molecule has 0 bridgehead atoms. The molecule has 3 aromatic carbocycles. The van der Waals surface area contributed by atoms with Gasteiger partial charge in [-0.1, -0.05) is 72.8 Å². The van der Waals surface area contributed by atoms with Crippen LogP contribution in [0, 0.1) is 0 Å². The largest absolute Gasteiger partial charge is 0.495 e. The number of rotatable bonds is 7. The molecule has 156 valence electrons. The molecule has 31 heavy (non-hydrogen) atoms. The summed E-state index contributed by atoms with van der Waals surface area (Å²) in [4.78, 5) is 30.5. The van der Waals surface area contributed by atoms with E-state index < -0.39 is 0 Å². The highest BCUT2D eigenvalue weighted by Gasteiger charge is 2.43. The van der Waals surface area contributed by atoms with E-state index in [4.69, 9.17) is 4.74 Å². The standard InChI is InChI=1S/C26H24N2O3/c1-3-27(18-19-12-6-4-7-13-19)24-23(20-14-8-5-9-15-20)25(29)28(26(24)30)21-16-10-11-17-22(21)31-2/h4-17H,3,18H2,1-2H3.